The van der Waals surface area contributed by atoms with E-state index < -0.39 is 12.1 Å². The average molecular weight is 378 g/mol. The van der Waals surface area contributed by atoms with Crippen LogP contribution in [0.2, 0.25) is 0 Å². The van der Waals surface area contributed by atoms with Crippen LogP contribution in [0.1, 0.15) is 64.7 Å². The van der Waals surface area contributed by atoms with Gasteiger partial charge in [-0.05, 0) is 38.5 Å². The summed E-state index contributed by atoms with van der Waals surface area (Å²) in [6.07, 6.45) is 23.4. The number of carboxylic acid groups (broad SMARTS) is 1. The van der Waals surface area contributed by atoms with E-state index in [9.17, 15) is 14.7 Å². The van der Waals surface area contributed by atoms with Gasteiger partial charge in [-0.3, -0.25) is 9.59 Å². The summed E-state index contributed by atoms with van der Waals surface area (Å²) in [5.41, 5.74) is 0. The highest BCUT2D eigenvalue weighted by Crippen LogP contribution is 2.02. The van der Waals surface area contributed by atoms with Crippen molar-refractivity contribution in [2.24, 2.45) is 0 Å². The second-order valence-corrected chi connectivity index (χ2v) is 6.35. The van der Waals surface area contributed by atoms with Gasteiger partial charge in [0.2, 0.25) is 5.91 Å². The molecular weight excluding hydrogens is 342 g/mol. The SMILES string of the molecule is CCCCC/C=C\C=C\C(O)C/C=C\C/C=C\CCCC(=O)NCC(=O)O. The molecule has 0 saturated carbocycles. The molecule has 0 rings (SSSR count). The maximum absolute atomic E-state index is 11.3. The van der Waals surface area contributed by atoms with E-state index in [1.807, 2.05) is 36.5 Å². The predicted molar refractivity (Wildman–Crippen MR) is 110 cm³/mol. The Morgan fingerprint density at radius 1 is 0.963 bits per heavy atom. The standard InChI is InChI=1S/C22H35NO4/c1-2-3-4-5-7-10-13-16-20(24)17-14-11-8-6-9-12-15-18-21(25)23-19-22(26)27/h6-7,9-11,13-14,16,20,24H,2-5,8,12,15,17-19H2,1H3,(H,23,25)(H,26,27)/b9-6-,10-7-,14-11-,16-13+. The van der Waals surface area contributed by atoms with Crippen LogP contribution in [0, 0.1) is 0 Å². The van der Waals surface area contributed by atoms with Crippen molar-refractivity contribution in [2.45, 2.75) is 70.8 Å². The third kappa shape index (κ3) is 20.0. The van der Waals surface area contributed by atoms with Crippen molar-refractivity contribution in [3.05, 3.63) is 48.6 Å². The van der Waals surface area contributed by atoms with Crippen molar-refractivity contribution in [3.8, 4) is 0 Å². The van der Waals surface area contributed by atoms with Crippen molar-refractivity contribution < 1.29 is 19.8 Å². The van der Waals surface area contributed by atoms with Gasteiger partial charge >= 0.3 is 5.97 Å². The molecule has 152 valence electrons. The summed E-state index contributed by atoms with van der Waals surface area (Å²) in [4.78, 5) is 21.6. The number of carbonyl (C=O) groups excluding carboxylic acids is 1. The van der Waals surface area contributed by atoms with Crippen molar-refractivity contribution in [1.29, 1.82) is 0 Å². The molecule has 1 atom stereocenters. The molecule has 5 heteroatoms. The third-order valence-electron chi connectivity index (χ3n) is 3.75. The first-order chi connectivity index (χ1) is 13.1. The smallest absolute Gasteiger partial charge is 0.322 e. The second kappa shape index (κ2) is 18.6. The maximum atomic E-state index is 11.3. The minimum Gasteiger partial charge on any atom is -0.480 e. The van der Waals surface area contributed by atoms with Crippen LogP contribution in [0.5, 0.6) is 0 Å². The molecule has 1 amide bonds. The van der Waals surface area contributed by atoms with Crippen LogP contribution in [-0.4, -0.2) is 34.7 Å². The number of aliphatic hydroxyl groups excluding tert-OH is 1. The van der Waals surface area contributed by atoms with E-state index in [1.54, 1.807) is 6.08 Å². The van der Waals surface area contributed by atoms with Crippen LogP contribution >= 0.6 is 0 Å². The molecule has 1 unspecified atom stereocenters. The lowest BCUT2D eigenvalue weighted by atomic mass is 10.2. The van der Waals surface area contributed by atoms with Gasteiger partial charge in [0.25, 0.3) is 0 Å². The van der Waals surface area contributed by atoms with Gasteiger partial charge < -0.3 is 15.5 Å². The summed E-state index contributed by atoms with van der Waals surface area (Å²) in [6.45, 7) is 1.87. The summed E-state index contributed by atoms with van der Waals surface area (Å²) < 4.78 is 0. The highest BCUT2D eigenvalue weighted by Gasteiger charge is 2.02. The topological polar surface area (TPSA) is 86.6 Å². The van der Waals surface area contributed by atoms with Gasteiger partial charge in [0.05, 0.1) is 6.10 Å². The van der Waals surface area contributed by atoms with Gasteiger partial charge in [-0.2, -0.15) is 0 Å². The highest BCUT2D eigenvalue weighted by atomic mass is 16.4. The number of hydrogen-bond acceptors (Lipinski definition) is 3. The molecule has 0 heterocycles. The number of carboxylic acids is 1. The lowest BCUT2D eigenvalue weighted by molar-refractivity contribution is -0.137. The number of unbranched alkanes of at least 4 members (excludes halogenated alkanes) is 4. The number of nitrogens with one attached hydrogen (secondary N) is 1. The van der Waals surface area contributed by atoms with Crippen molar-refractivity contribution in [1.82, 2.24) is 5.32 Å². The third-order valence-corrected chi connectivity index (χ3v) is 3.75. The van der Waals surface area contributed by atoms with Crippen molar-refractivity contribution in [2.75, 3.05) is 6.54 Å². The van der Waals surface area contributed by atoms with Gasteiger partial charge in [0.1, 0.15) is 6.54 Å². The van der Waals surface area contributed by atoms with E-state index >= 15 is 0 Å². The van der Waals surface area contributed by atoms with Crippen LogP contribution in [0.3, 0.4) is 0 Å². The maximum Gasteiger partial charge on any atom is 0.322 e. The summed E-state index contributed by atoms with van der Waals surface area (Å²) in [6, 6.07) is 0. The summed E-state index contributed by atoms with van der Waals surface area (Å²) in [5, 5.41) is 20.6. The minimum atomic E-state index is -1.03. The first kappa shape index (κ1) is 24.9. The van der Waals surface area contributed by atoms with Gasteiger partial charge in [-0.15, -0.1) is 0 Å². The number of allylic oxidation sites excluding steroid dienone is 6. The van der Waals surface area contributed by atoms with Crippen LogP contribution in [0.25, 0.3) is 0 Å². The predicted octanol–water partition coefficient (Wildman–Crippen LogP) is 4.30. The quantitative estimate of drug-likeness (QED) is 0.213. The molecule has 0 aromatic heterocycles. The minimum absolute atomic E-state index is 0.233. The highest BCUT2D eigenvalue weighted by molar-refractivity contribution is 5.80. The molecule has 0 aromatic rings. The van der Waals surface area contributed by atoms with E-state index in [0.717, 1.165) is 19.3 Å². The number of carbonyl (C=O) groups is 2. The lowest BCUT2D eigenvalue weighted by Gasteiger charge is -2.00. The van der Waals surface area contributed by atoms with Crippen LogP contribution in [0.15, 0.2) is 48.6 Å². The molecule has 0 aliphatic rings. The lowest BCUT2D eigenvalue weighted by Crippen LogP contribution is -2.28. The van der Waals surface area contributed by atoms with Gasteiger partial charge in [-0.1, -0.05) is 68.4 Å². The molecule has 0 bridgehead atoms. The zero-order valence-electron chi connectivity index (χ0n) is 16.5. The first-order valence-corrected chi connectivity index (χ1v) is 9.86. The Labute approximate surface area is 163 Å². The molecule has 0 saturated heterocycles. The monoisotopic (exact) mass is 377 g/mol. The normalized spacial score (nSPS) is 13.3. The van der Waals surface area contributed by atoms with Gasteiger partial charge in [-0.25, -0.2) is 0 Å². The Hall–Kier alpha value is -2.14. The number of hydrogen-bond donors (Lipinski definition) is 3. The molecule has 3 N–H and O–H groups in total. The Morgan fingerprint density at radius 3 is 2.44 bits per heavy atom. The number of rotatable bonds is 16. The molecular formula is C22H35NO4. The van der Waals surface area contributed by atoms with Crippen LogP contribution in [0.4, 0.5) is 0 Å². The fourth-order valence-electron chi connectivity index (χ4n) is 2.23. The molecule has 0 aliphatic heterocycles. The fourth-order valence-corrected chi connectivity index (χ4v) is 2.23. The Bertz CT molecular complexity index is 506. The van der Waals surface area contributed by atoms with E-state index in [1.165, 1.54) is 19.3 Å². The van der Waals surface area contributed by atoms with E-state index in [4.69, 9.17) is 5.11 Å². The summed E-state index contributed by atoms with van der Waals surface area (Å²) in [5.74, 6) is -1.27. The summed E-state index contributed by atoms with van der Waals surface area (Å²) in [7, 11) is 0. The first-order valence-electron chi connectivity index (χ1n) is 9.86. The molecule has 0 aliphatic carbocycles. The number of aliphatic carboxylic acids is 1. The Kier molecular flexibility index (Phi) is 17.2. The van der Waals surface area contributed by atoms with Gasteiger partial charge in [0.15, 0.2) is 0 Å². The van der Waals surface area contributed by atoms with Crippen molar-refractivity contribution in [3.63, 3.8) is 0 Å². The van der Waals surface area contributed by atoms with E-state index in [-0.39, 0.29) is 12.5 Å². The largest absolute Gasteiger partial charge is 0.480 e. The molecule has 0 spiro atoms. The Morgan fingerprint density at radius 2 is 1.70 bits per heavy atom. The van der Waals surface area contributed by atoms with E-state index in [0.29, 0.717) is 19.3 Å². The molecule has 27 heavy (non-hydrogen) atoms. The van der Waals surface area contributed by atoms with Crippen LogP contribution in [-0.2, 0) is 9.59 Å². The van der Waals surface area contributed by atoms with Crippen molar-refractivity contribution >= 4 is 11.9 Å². The molecule has 5 nitrogen and oxygen atoms in total. The Balaban J connectivity index is 3.65. The molecule has 0 radical (unpaired) electrons. The fraction of sp³-hybridized carbons (Fsp3) is 0.545. The van der Waals surface area contributed by atoms with Gasteiger partial charge in [0, 0.05) is 6.42 Å². The molecule has 0 fully saturated rings. The van der Waals surface area contributed by atoms with Crippen LogP contribution < -0.4 is 5.32 Å². The average Bonchev–Trinajstić information content (AvgIpc) is 2.64. The second-order valence-electron chi connectivity index (χ2n) is 6.35. The summed E-state index contributed by atoms with van der Waals surface area (Å²) >= 11 is 0. The molecule has 0 aromatic carbocycles. The zero-order chi connectivity index (χ0) is 20.2. The number of aliphatic hydroxyl groups is 1. The number of amides is 1. The van der Waals surface area contributed by atoms with E-state index in [2.05, 4.69) is 18.3 Å². The zero-order valence-corrected chi connectivity index (χ0v) is 16.5.